The lowest BCUT2D eigenvalue weighted by molar-refractivity contribution is 0.103. The van der Waals surface area contributed by atoms with Gasteiger partial charge in [0.2, 0.25) is 10.0 Å². The molecule has 3 atom stereocenters. The van der Waals surface area contributed by atoms with Crippen LogP contribution >= 0.6 is 0 Å². The third-order valence-corrected chi connectivity index (χ3v) is 7.25. The van der Waals surface area contributed by atoms with Gasteiger partial charge < -0.3 is 15.2 Å². The van der Waals surface area contributed by atoms with Crippen LogP contribution in [-0.2, 0) is 10.0 Å². The second-order valence-corrected chi connectivity index (χ2v) is 9.33. The number of fused-ring (bicyclic) bond motifs is 1. The smallest absolute Gasteiger partial charge is 0.247 e. The Kier molecular flexibility index (Phi) is 6.58. The van der Waals surface area contributed by atoms with E-state index in [9.17, 15) is 17.9 Å². The quantitative estimate of drug-likeness (QED) is 0.774. The minimum atomic E-state index is -3.88. The standard InChI is InChI=1S/C21H27FN2O4S/c1-14-12-24(15(2)13-25)29(26,27)21-8-7-17(16-5-4-6-18(22)9-16)10-19(21)28-20(14)11-23-3/h4-10,14-15,20,23,25H,11-13H2,1-3H3/t14-,15-,20+/m1/s1. The minimum Gasteiger partial charge on any atom is -0.487 e. The molecule has 2 N–H and O–H groups in total. The number of ether oxygens (including phenoxy) is 1. The Balaban J connectivity index is 2.15. The highest BCUT2D eigenvalue weighted by Gasteiger charge is 2.37. The van der Waals surface area contributed by atoms with Gasteiger partial charge in [-0.05, 0) is 49.4 Å². The van der Waals surface area contributed by atoms with Crippen LogP contribution in [0, 0.1) is 11.7 Å². The van der Waals surface area contributed by atoms with Crippen molar-refractivity contribution >= 4 is 10.0 Å². The van der Waals surface area contributed by atoms with Gasteiger partial charge in [0, 0.05) is 25.0 Å². The van der Waals surface area contributed by atoms with Crippen LogP contribution < -0.4 is 10.1 Å². The van der Waals surface area contributed by atoms with E-state index in [4.69, 9.17) is 4.74 Å². The second kappa shape index (κ2) is 8.79. The number of nitrogens with zero attached hydrogens (tertiary/aromatic N) is 1. The predicted molar refractivity (Wildman–Crippen MR) is 110 cm³/mol. The van der Waals surface area contributed by atoms with E-state index in [0.717, 1.165) is 0 Å². The molecule has 1 heterocycles. The summed E-state index contributed by atoms with van der Waals surface area (Å²) in [7, 11) is -2.07. The fourth-order valence-corrected chi connectivity index (χ4v) is 5.34. The lowest BCUT2D eigenvalue weighted by Gasteiger charge is -2.36. The van der Waals surface area contributed by atoms with Gasteiger partial charge in [-0.25, -0.2) is 12.8 Å². The number of halogens is 1. The summed E-state index contributed by atoms with van der Waals surface area (Å²) in [6.45, 7) is 4.10. The largest absolute Gasteiger partial charge is 0.487 e. The zero-order valence-electron chi connectivity index (χ0n) is 16.8. The van der Waals surface area contributed by atoms with Crippen LogP contribution in [0.1, 0.15) is 13.8 Å². The highest BCUT2D eigenvalue weighted by molar-refractivity contribution is 7.89. The van der Waals surface area contributed by atoms with Crippen molar-refractivity contribution in [3.05, 3.63) is 48.3 Å². The van der Waals surface area contributed by atoms with Gasteiger partial charge in [-0.1, -0.05) is 25.1 Å². The van der Waals surface area contributed by atoms with Gasteiger partial charge in [0.25, 0.3) is 0 Å². The molecule has 0 saturated heterocycles. The molecule has 1 aliphatic rings. The minimum absolute atomic E-state index is 0.0472. The first-order valence-corrected chi connectivity index (χ1v) is 11.1. The van der Waals surface area contributed by atoms with Crippen molar-refractivity contribution in [2.45, 2.75) is 30.9 Å². The van der Waals surface area contributed by atoms with Crippen LogP contribution in [0.15, 0.2) is 47.4 Å². The van der Waals surface area contributed by atoms with Crippen LogP contribution in [0.4, 0.5) is 4.39 Å². The predicted octanol–water partition coefficient (Wildman–Crippen LogP) is 2.48. The molecule has 0 aliphatic carbocycles. The third kappa shape index (κ3) is 4.45. The molecule has 0 saturated carbocycles. The average Bonchev–Trinajstić information content (AvgIpc) is 2.70. The van der Waals surface area contributed by atoms with Crippen molar-refractivity contribution in [1.82, 2.24) is 9.62 Å². The Labute approximate surface area is 171 Å². The summed E-state index contributed by atoms with van der Waals surface area (Å²) in [6, 6.07) is 10.3. The fraction of sp³-hybridized carbons (Fsp3) is 0.429. The molecule has 6 nitrogen and oxygen atoms in total. The monoisotopic (exact) mass is 422 g/mol. The number of nitrogens with one attached hydrogen (secondary N) is 1. The molecule has 0 amide bonds. The van der Waals surface area contributed by atoms with Gasteiger partial charge in [0.05, 0.1) is 6.61 Å². The van der Waals surface area contributed by atoms with Crippen molar-refractivity contribution in [1.29, 1.82) is 0 Å². The summed E-state index contributed by atoms with van der Waals surface area (Å²) >= 11 is 0. The number of hydrogen-bond donors (Lipinski definition) is 2. The molecule has 2 aromatic carbocycles. The van der Waals surface area contributed by atoms with Gasteiger partial charge in [-0.3, -0.25) is 0 Å². The number of likely N-dealkylation sites (N-methyl/N-ethyl adjacent to an activating group) is 1. The van der Waals surface area contributed by atoms with E-state index < -0.39 is 16.1 Å². The van der Waals surface area contributed by atoms with E-state index in [2.05, 4.69) is 5.32 Å². The SMILES string of the molecule is CNC[C@@H]1Oc2cc(-c3cccc(F)c3)ccc2S(=O)(=O)N([C@H](C)CO)C[C@H]1C. The van der Waals surface area contributed by atoms with Gasteiger partial charge in [0.1, 0.15) is 22.6 Å². The molecule has 8 heteroatoms. The summed E-state index contributed by atoms with van der Waals surface area (Å²) in [5.74, 6) is -0.252. The Bertz CT molecular complexity index is 967. The number of rotatable bonds is 5. The van der Waals surface area contributed by atoms with Crippen LogP contribution in [0.2, 0.25) is 0 Å². The molecule has 0 aromatic heterocycles. The maximum atomic E-state index is 13.7. The number of sulfonamides is 1. The molecular weight excluding hydrogens is 395 g/mol. The Morgan fingerprint density at radius 3 is 2.66 bits per heavy atom. The lowest BCUT2D eigenvalue weighted by atomic mass is 10.0. The molecule has 0 bridgehead atoms. The first-order valence-electron chi connectivity index (χ1n) is 9.62. The molecule has 29 heavy (non-hydrogen) atoms. The van der Waals surface area contributed by atoms with Crippen molar-refractivity contribution in [3.8, 4) is 16.9 Å². The first-order chi connectivity index (χ1) is 13.8. The van der Waals surface area contributed by atoms with E-state index in [1.165, 1.54) is 22.5 Å². The Morgan fingerprint density at radius 1 is 1.28 bits per heavy atom. The van der Waals surface area contributed by atoms with E-state index in [1.807, 2.05) is 14.0 Å². The van der Waals surface area contributed by atoms with Crippen molar-refractivity contribution in [2.24, 2.45) is 5.92 Å². The van der Waals surface area contributed by atoms with Crippen molar-refractivity contribution in [2.75, 3.05) is 26.7 Å². The Morgan fingerprint density at radius 2 is 2.00 bits per heavy atom. The van der Waals surface area contributed by atoms with Crippen LogP contribution in [0.5, 0.6) is 5.75 Å². The molecular formula is C21H27FN2O4S. The highest BCUT2D eigenvalue weighted by Crippen LogP contribution is 2.36. The lowest BCUT2D eigenvalue weighted by Crippen LogP contribution is -2.49. The van der Waals surface area contributed by atoms with Crippen LogP contribution in [0.3, 0.4) is 0 Å². The molecule has 1 aliphatic heterocycles. The Hall–Kier alpha value is -2.00. The number of aliphatic hydroxyl groups excluding tert-OH is 1. The second-order valence-electron chi connectivity index (χ2n) is 7.47. The molecule has 3 rings (SSSR count). The van der Waals surface area contributed by atoms with Crippen LogP contribution in [0.25, 0.3) is 11.1 Å². The van der Waals surface area contributed by atoms with Gasteiger partial charge in [0.15, 0.2) is 0 Å². The van der Waals surface area contributed by atoms with Gasteiger partial charge >= 0.3 is 0 Å². The van der Waals surface area contributed by atoms with Crippen molar-refractivity contribution in [3.63, 3.8) is 0 Å². The molecule has 0 fully saturated rings. The topological polar surface area (TPSA) is 78.9 Å². The summed E-state index contributed by atoms with van der Waals surface area (Å²) in [4.78, 5) is 0.0472. The van der Waals surface area contributed by atoms with E-state index in [1.54, 1.807) is 31.2 Å². The van der Waals surface area contributed by atoms with E-state index in [-0.39, 0.29) is 41.6 Å². The number of hydrogen-bond acceptors (Lipinski definition) is 5. The van der Waals surface area contributed by atoms with E-state index in [0.29, 0.717) is 17.7 Å². The fourth-order valence-electron chi connectivity index (χ4n) is 3.52. The normalized spacial score (nSPS) is 22.8. The molecule has 0 spiro atoms. The molecule has 158 valence electrons. The zero-order valence-corrected chi connectivity index (χ0v) is 17.6. The molecule has 2 aromatic rings. The van der Waals surface area contributed by atoms with Gasteiger partial charge in [-0.15, -0.1) is 0 Å². The zero-order chi connectivity index (χ0) is 21.2. The van der Waals surface area contributed by atoms with E-state index >= 15 is 0 Å². The average molecular weight is 423 g/mol. The summed E-state index contributed by atoms with van der Waals surface area (Å²) in [5.41, 5.74) is 1.30. The summed E-state index contributed by atoms with van der Waals surface area (Å²) in [6.07, 6.45) is -0.273. The third-order valence-electron chi connectivity index (χ3n) is 5.23. The summed E-state index contributed by atoms with van der Waals surface area (Å²) < 4.78 is 47.8. The maximum absolute atomic E-state index is 13.7. The molecule has 0 unspecified atom stereocenters. The van der Waals surface area contributed by atoms with Crippen LogP contribution in [-0.4, -0.2) is 56.7 Å². The molecule has 0 radical (unpaired) electrons. The first kappa shape index (κ1) is 21.7. The number of aliphatic hydroxyl groups is 1. The van der Waals surface area contributed by atoms with Crippen molar-refractivity contribution < 1.29 is 22.7 Å². The summed E-state index contributed by atoms with van der Waals surface area (Å²) in [5, 5.41) is 12.7. The highest BCUT2D eigenvalue weighted by atomic mass is 32.2. The maximum Gasteiger partial charge on any atom is 0.247 e. The number of benzene rings is 2. The van der Waals surface area contributed by atoms with Gasteiger partial charge in [-0.2, -0.15) is 4.31 Å².